The molecule has 3 aromatic heterocycles. The van der Waals surface area contributed by atoms with E-state index < -0.39 is 0 Å². The molecule has 7 heteroatoms. The molecule has 1 unspecified atom stereocenters. The zero-order valence-corrected chi connectivity index (χ0v) is 19.4. The number of anilines is 1. The molecule has 0 fully saturated rings. The van der Waals surface area contributed by atoms with Crippen molar-refractivity contribution in [1.29, 1.82) is 0 Å². The summed E-state index contributed by atoms with van der Waals surface area (Å²) < 4.78 is 6.32. The molecule has 0 radical (unpaired) electrons. The maximum atomic E-state index is 5.17. The fourth-order valence-electron chi connectivity index (χ4n) is 3.77. The van der Waals surface area contributed by atoms with Crippen molar-refractivity contribution in [2.75, 3.05) is 12.4 Å². The van der Waals surface area contributed by atoms with Crippen LogP contribution in [0, 0.1) is 6.92 Å². The summed E-state index contributed by atoms with van der Waals surface area (Å²) in [6.07, 6.45) is 1.83. The minimum absolute atomic E-state index is 0.0577. The normalized spacial score (nSPS) is 12.0. The van der Waals surface area contributed by atoms with E-state index in [9.17, 15) is 0 Å². The quantitative estimate of drug-likeness (QED) is 0.325. The van der Waals surface area contributed by atoms with Crippen molar-refractivity contribution in [2.24, 2.45) is 0 Å². The van der Waals surface area contributed by atoms with E-state index in [0.717, 1.165) is 49.8 Å². The Morgan fingerprint density at radius 1 is 0.909 bits per heavy atom. The molecule has 5 rings (SSSR count). The van der Waals surface area contributed by atoms with Gasteiger partial charge < -0.3 is 10.1 Å². The second-order valence-electron chi connectivity index (χ2n) is 7.80. The fraction of sp³-hybridized carbons (Fsp3) is 0.154. The molecule has 0 bridgehead atoms. The highest BCUT2D eigenvalue weighted by atomic mass is 32.1. The molecule has 164 valence electrons. The highest BCUT2D eigenvalue weighted by molar-refractivity contribution is 7.16. The van der Waals surface area contributed by atoms with Gasteiger partial charge in [0.05, 0.1) is 28.5 Å². The predicted molar refractivity (Wildman–Crippen MR) is 134 cm³/mol. The van der Waals surface area contributed by atoms with Crippen molar-refractivity contribution in [3.63, 3.8) is 0 Å². The molecule has 2 aromatic carbocycles. The summed E-state index contributed by atoms with van der Waals surface area (Å²) in [5.41, 5.74) is 8.13. The number of aromatic nitrogens is 4. The van der Waals surface area contributed by atoms with Crippen molar-refractivity contribution < 1.29 is 4.74 Å². The van der Waals surface area contributed by atoms with Gasteiger partial charge in [0.25, 0.3) is 0 Å². The molecule has 1 atom stereocenters. The van der Waals surface area contributed by atoms with Crippen LogP contribution in [-0.2, 0) is 0 Å². The molecule has 6 nitrogen and oxygen atoms in total. The van der Waals surface area contributed by atoms with Crippen LogP contribution in [0.2, 0.25) is 0 Å². The van der Waals surface area contributed by atoms with Crippen molar-refractivity contribution in [1.82, 2.24) is 19.9 Å². The Morgan fingerprint density at radius 3 is 2.61 bits per heavy atom. The van der Waals surface area contributed by atoms with Crippen molar-refractivity contribution in [2.45, 2.75) is 19.9 Å². The van der Waals surface area contributed by atoms with Crippen LogP contribution < -0.4 is 10.1 Å². The van der Waals surface area contributed by atoms with Crippen LogP contribution in [0.25, 0.3) is 32.6 Å². The number of pyridine rings is 1. The van der Waals surface area contributed by atoms with E-state index in [1.54, 1.807) is 18.4 Å². The maximum absolute atomic E-state index is 5.17. The Balaban J connectivity index is 1.40. The summed E-state index contributed by atoms with van der Waals surface area (Å²) in [6, 6.07) is 20.6. The van der Waals surface area contributed by atoms with Gasteiger partial charge in [-0.3, -0.25) is 0 Å². The minimum Gasteiger partial charge on any atom is -0.481 e. The Hall–Kier alpha value is -3.84. The molecular formula is C26H23N5OS. The summed E-state index contributed by atoms with van der Waals surface area (Å²) in [7, 11) is 1.62. The number of methoxy groups -OCH3 is 1. The van der Waals surface area contributed by atoms with Crippen LogP contribution in [0.15, 0.2) is 72.4 Å². The third kappa shape index (κ3) is 4.54. The summed E-state index contributed by atoms with van der Waals surface area (Å²) in [6.45, 7) is 4.05. The number of benzene rings is 2. The van der Waals surface area contributed by atoms with Gasteiger partial charge in [-0.1, -0.05) is 24.3 Å². The van der Waals surface area contributed by atoms with Gasteiger partial charge in [-0.05, 0) is 49.2 Å². The second-order valence-corrected chi connectivity index (χ2v) is 8.69. The van der Waals surface area contributed by atoms with Crippen molar-refractivity contribution in [3.8, 4) is 28.3 Å². The number of nitrogens with one attached hydrogen (secondary N) is 1. The molecule has 1 N–H and O–H groups in total. The lowest BCUT2D eigenvalue weighted by atomic mass is 10.0. The van der Waals surface area contributed by atoms with Gasteiger partial charge in [0.15, 0.2) is 0 Å². The lowest BCUT2D eigenvalue weighted by Gasteiger charge is -2.17. The first-order chi connectivity index (χ1) is 16.1. The van der Waals surface area contributed by atoms with Crippen LogP contribution >= 0.6 is 11.3 Å². The number of thiazole rings is 1. The Kier molecular flexibility index (Phi) is 5.71. The van der Waals surface area contributed by atoms with Gasteiger partial charge in [0.1, 0.15) is 11.6 Å². The summed E-state index contributed by atoms with van der Waals surface area (Å²) in [5.74, 6) is 2.13. The number of aryl methyl sites for hydroxylation is 1. The third-order valence-corrected chi connectivity index (χ3v) is 6.29. The van der Waals surface area contributed by atoms with Gasteiger partial charge in [0.2, 0.25) is 5.88 Å². The molecule has 0 spiro atoms. The Bertz CT molecular complexity index is 1410. The smallest absolute Gasteiger partial charge is 0.212 e. The number of rotatable bonds is 6. The number of ether oxygens (including phenoxy) is 1. The standard InChI is InChI=1S/C26H23N5OS/c1-16(18-5-4-6-19(11-18)21-8-10-26(32-3)27-14-21)29-25-13-23(30-17(2)31-25)20-7-9-22-24(12-20)33-15-28-22/h4-16H,1-3H3,(H,29,30,31). The summed E-state index contributed by atoms with van der Waals surface area (Å²) in [5, 5.41) is 3.54. The fourth-order valence-corrected chi connectivity index (χ4v) is 4.48. The number of fused-ring (bicyclic) bond motifs is 1. The number of nitrogens with zero attached hydrogens (tertiary/aromatic N) is 4. The zero-order valence-electron chi connectivity index (χ0n) is 18.6. The second kappa shape index (κ2) is 8.96. The minimum atomic E-state index is 0.0577. The SMILES string of the molecule is COc1ccc(-c2cccc(C(C)Nc3cc(-c4ccc5ncsc5c4)nc(C)n3)c2)cn1. The van der Waals surface area contributed by atoms with Gasteiger partial charge in [-0.2, -0.15) is 0 Å². The number of hydrogen-bond acceptors (Lipinski definition) is 7. The lowest BCUT2D eigenvalue weighted by Crippen LogP contribution is -2.09. The molecule has 3 heterocycles. The number of hydrogen-bond donors (Lipinski definition) is 1. The highest BCUT2D eigenvalue weighted by Gasteiger charge is 2.11. The first-order valence-corrected chi connectivity index (χ1v) is 11.5. The van der Waals surface area contributed by atoms with Crippen LogP contribution in [0.3, 0.4) is 0 Å². The Morgan fingerprint density at radius 2 is 1.79 bits per heavy atom. The molecule has 0 saturated carbocycles. The van der Waals surface area contributed by atoms with E-state index in [2.05, 4.69) is 68.6 Å². The molecule has 0 aliphatic carbocycles. The highest BCUT2D eigenvalue weighted by Crippen LogP contribution is 2.29. The summed E-state index contributed by atoms with van der Waals surface area (Å²) >= 11 is 1.63. The molecule has 0 amide bonds. The third-order valence-electron chi connectivity index (χ3n) is 5.49. The molecule has 0 aliphatic heterocycles. The molecule has 0 aliphatic rings. The van der Waals surface area contributed by atoms with Gasteiger partial charge >= 0.3 is 0 Å². The van der Waals surface area contributed by atoms with E-state index in [4.69, 9.17) is 4.74 Å². The van der Waals surface area contributed by atoms with Crippen LogP contribution in [0.5, 0.6) is 5.88 Å². The molecule has 0 saturated heterocycles. The van der Waals surface area contributed by atoms with Gasteiger partial charge in [-0.15, -0.1) is 11.3 Å². The van der Waals surface area contributed by atoms with Gasteiger partial charge in [-0.25, -0.2) is 19.9 Å². The Labute approximate surface area is 196 Å². The molecule has 33 heavy (non-hydrogen) atoms. The van der Waals surface area contributed by atoms with Crippen LogP contribution in [-0.4, -0.2) is 27.0 Å². The van der Waals surface area contributed by atoms with Crippen molar-refractivity contribution >= 4 is 27.4 Å². The van der Waals surface area contributed by atoms with E-state index >= 15 is 0 Å². The maximum Gasteiger partial charge on any atom is 0.212 e. The first-order valence-electron chi connectivity index (χ1n) is 10.7. The van der Waals surface area contributed by atoms with E-state index in [-0.39, 0.29) is 6.04 Å². The summed E-state index contributed by atoms with van der Waals surface area (Å²) in [4.78, 5) is 18.0. The van der Waals surface area contributed by atoms with Gasteiger partial charge in [0, 0.05) is 35.5 Å². The first kappa shape index (κ1) is 21.0. The van der Waals surface area contributed by atoms with Crippen LogP contribution in [0.1, 0.15) is 24.4 Å². The molecular weight excluding hydrogens is 430 g/mol. The topological polar surface area (TPSA) is 72.8 Å². The lowest BCUT2D eigenvalue weighted by molar-refractivity contribution is 0.398. The average molecular weight is 454 g/mol. The monoisotopic (exact) mass is 453 g/mol. The average Bonchev–Trinajstić information content (AvgIpc) is 3.32. The predicted octanol–water partition coefficient (Wildman–Crippen LogP) is 6.31. The van der Waals surface area contributed by atoms with E-state index in [0.29, 0.717) is 5.88 Å². The zero-order chi connectivity index (χ0) is 22.8. The molecule has 5 aromatic rings. The van der Waals surface area contributed by atoms with E-state index in [1.165, 1.54) is 0 Å². The largest absolute Gasteiger partial charge is 0.481 e. The van der Waals surface area contributed by atoms with E-state index in [1.807, 2.05) is 42.9 Å². The van der Waals surface area contributed by atoms with Crippen LogP contribution in [0.4, 0.5) is 5.82 Å². The van der Waals surface area contributed by atoms with Crippen molar-refractivity contribution in [3.05, 3.63) is 83.8 Å².